The van der Waals surface area contributed by atoms with E-state index in [9.17, 15) is 0 Å². The van der Waals surface area contributed by atoms with Crippen molar-refractivity contribution < 1.29 is 0 Å². The summed E-state index contributed by atoms with van der Waals surface area (Å²) in [7, 11) is 2.15. The zero-order valence-corrected chi connectivity index (χ0v) is 13.3. The highest BCUT2D eigenvalue weighted by Gasteiger charge is 2.28. The molecule has 0 N–H and O–H groups in total. The molecule has 0 saturated heterocycles. The first-order valence-corrected chi connectivity index (χ1v) is 8.28. The van der Waals surface area contributed by atoms with Gasteiger partial charge in [-0.2, -0.15) is 0 Å². The molecule has 20 heavy (non-hydrogen) atoms. The highest BCUT2D eigenvalue weighted by atomic mass is 35.5. The summed E-state index contributed by atoms with van der Waals surface area (Å²) < 4.78 is 0. The summed E-state index contributed by atoms with van der Waals surface area (Å²) in [6.07, 6.45) is 9.32. The van der Waals surface area contributed by atoms with Crippen LogP contribution in [0.25, 0.3) is 0 Å². The second-order valence-electron chi connectivity index (χ2n) is 6.48. The molecule has 2 aliphatic rings. The van der Waals surface area contributed by atoms with E-state index >= 15 is 0 Å². The molecule has 0 aromatic carbocycles. The molecule has 0 radical (unpaired) electrons. The lowest BCUT2D eigenvalue weighted by Gasteiger charge is -2.28. The molecule has 2 fully saturated rings. The highest BCUT2D eigenvalue weighted by molar-refractivity contribution is 6.30. The third-order valence-electron chi connectivity index (χ3n) is 4.64. The molecule has 2 saturated carbocycles. The lowest BCUT2D eigenvalue weighted by atomic mass is 9.89. The maximum atomic E-state index is 6.30. The highest BCUT2D eigenvalue weighted by Crippen LogP contribution is 2.40. The van der Waals surface area contributed by atoms with Gasteiger partial charge in [0, 0.05) is 25.1 Å². The minimum absolute atomic E-state index is 0.551. The van der Waals surface area contributed by atoms with Crippen LogP contribution in [-0.2, 0) is 0 Å². The minimum Gasteiger partial charge on any atom is -0.359 e. The van der Waals surface area contributed by atoms with Gasteiger partial charge in [-0.25, -0.2) is 9.97 Å². The maximum Gasteiger partial charge on any atom is 0.137 e. The third-order valence-corrected chi connectivity index (χ3v) is 5.01. The van der Waals surface area contributed by atoms with Crippen LogP contribution in [0.2, 0.25) is 5.15 Å². The van der Waals surface area contributed by atoms with Crippen LogP contribution in [0.5, 0.6) is 0 Å². The molecular formula is C16H24ClN3. The van der Waals surface area contributed by atoms with Crippen molar-refractivity contribution in [3.63, 3.8) is 0 Å². The Morgan fingerprint density at radius 1 is 1.10 bits per heavy atom. The Kier molecular flexibility index (Phi) is 4.16. The van der Waals surface area contributed by atoms with Crippen LogP contribution in [0.4, 0.5) is 5.82 Å². The third kappa shape index (κ3) is 3.08. The largest absolute Gasteiger partial charge is 0.359 e. The first-order valence-electron chi connectivity index (χ1n) is 7.90. The van der Waals surface area contributed by atoms with Crippen molar-refractivity contribution in [1.29, 1.82) is 0 Å². The summed E-state index contributed by atoms with van der Waals surface area (Å²) in [4.78, 5) is 11.5. The average molecular weight is 294 g/mol. The lowest BCUT2D eigenvalue weighted by Crippen LogP contribution is -2.28. The van der Waals surface area contributed by atoms with Gasteiger partial charge in [0.25, 0.3) is 0 Å². The fourth-order valence-corrected chi connectivity index (χ4v) is 3.40. The Morgan fingerprint density at radius 3 is 2.45 bits per heavy atom. The molecule has 3 nitrogen and oxygen atoms in total. The monoisotopic (exact) mass is 293 g/mol. The average Bonchev–Trinajstić information content (AvgIpc) is 3.27. The van der Waals surface area contributed by atoms with Gasteiger partial charge >= 0.3 is 0 Å². The SMILES string of the molecule is Cc1c(Cl)nc(C2CC2)nc1N(C)CC1CCCCC1. The van der Waals surface area contributed by atoms with Crippen molar-refractivity contribution in [3.05, 3.63) is 16.5 Å². The molecule has 4 heteroatoms. The van der Waals surface area contributed by atoms with E-state index in [0.29, 0.717) is 11.1 Å². The Morgan fingerprint density at radius 2 is 1.80 bits per heavy atom. The zero-order chi connectivity index (χ0) is 14.1. The van der Waals surface area contributed by atoms with Gasteiger partial charge < -0.3 is 4.90 Å². The number of hydrogen-bond donors (Lipinski definition) is 0. The number of rotatable bonds is 4. The Balaban J connectivity index is 1.76. The Bertz CT molecular complexity index is 479. The van der Waals surface area contributed by atoms with Gasteiger partial charge in [-0.05, 0) is 38.5 Å². The normalized spacial score (nSPS) is 20.1. The van der Waals surface area contributed by atoms with Gasteiger partial charge in [0.05, 0.1) is 0 Å². The standard InChI is InChI=1S/C16H24ClN3/c1-11-14(17)18-15(13-8-9-13)19-16(11)20(2)10-12-6-4-3-5-7-12/h12-13H,3-10H2,1-2H3. The van der Waals surface area contributed by atoms with Crippen LogP contribution in [-0.4, -0.2) is 23.6 Å². The number of halogens is 1. The van der Waals surface area contributed by atoms with Crippen LogP contribution in [0.3, 0.4) is 0 Å². The smallest absolute Gasteiger partial charge is 0.137 e. The first kappa shape index (κ1) is 14.1. The summed E-state index contributed by atoms with van der Waals surface area (Å²) in [6.45, 7) is 3.13. The summed E-state index contributed by atoms with van der Waals surface area (Å²) in [5.41, 5.74) is 1.02. The summed E-state index contributed by atoms with van der Waals surface area (Å²) in [5.74, 6) is 3.35. The van der Waals surface area contributed by atoms with Crippen molar-refractivity contribution >= 4 is 17.4 Å². The topological polar surface area (TPSA) is 29.0 Å². The molecule has 0 atom stereocenters. The number of nitrogens with zero attached hydrogens (tertiary/aromatic N) is 3. The number of aromatic nitrogens is 2. The quantitative estimate of drug-likeness (QED) is 0.774. The second-order valence-corrected chi connectivity index (χ2v) is 6.84. The zero-order valence-electron chi connectivity index (χ0n) is 12.5. The van der Waals surface area contributed by atoms with Crippen LogP contribution in [0.15, 0.2) is 0 Å². The van der Waals surface area contributed by atoms with E-state index in [1.165, 1.54) is 44.9 Å². The van der Waals surface area contributed by atoms with Gasteiger partial charge in [0.2, 0.25) is 0 Å². The lowest BCUT2D eigenvalue weighted by molar-refractivity contribution is 0.361. The number of hydrogen-bond acceptors (Lipinski definition) is 3. The summed E-state index contributed by atoms with van der Waals surface area (Å²) in [5, 5.41) is 0.632. The molecule has 0 aliphatic heterocycles. The molecule has 0 spiro atoms. The van der Waals surface area contributed by atoms with E-state index in [4.69, 9.17) is 16.6 Å². The predicted molar refractivity (Wildman–Crippen MR) is 83.6 cm³/mol. The summed E-state index contributed by atoms with van der Waals surface area (Å²) >= 11 is 6.30. The summed E-state index contributed by atoms with van der Waals surface area (Å²) in [6, 6.07) is 0. The van der Waals surface area contributed by atoms with Gasteiger partial charge in [-0.1, -0.05) is 30.9 Å². The fraction of sp³-hybridized carbons (Fsp3) is 0.750. The van der Waals surface area contributed by atoms with E-state index in [-0.39, 0.29) is 0 Å². The molecule has 3 rings (SSSR count). The van der Waals surface area contributed by atoms with Crippen LogP contribution in [0.1, 0.15) is 62.3 Å². The maximum absolute atomic E-state index is 6.30. The van der Waals surface area contributed by atoms with E-state index < -0.39 is 0 Å². The van der Waals surface area contributed by atoms with E-state index in [2.05, 4.69) is 16.9 Å². The van der Waals surface area contributed by atoms with Crippen LogP contribution < -0.4 is 4.90 Å². The van der Waals surface area contributed by atoms with Crippen LogP contribution in [0, 0.1) is 12.8 Å². The van der Waals surface area contributed by atoms with Crippen molar-refractivity contribution in [3.8, 4) is 0 Å². The molecule has 1 heterocycles. The van der Waals surface area contributed by atoms with Gasteiger partial charge in [-0.15, -0.1) is 0 Å². The van der Waals surface area contributed by atoms with Crippen molar-refractivity contribution in [1.82, 2.24) is 9.97 Å². The molecule has 1 aromatic rings. The molecule has 0 unspecified atom stereocenters. The van der Waals surface area contributed by atoms with Crippen molar-refractivity contribution in [2.75, 3.05) is 18.5 Å². The predicted octanol–water partition coefficient (Wildman–Crippen LogP) is 4.33. The molecule has 110 valence electrons. The van der Waals surface area contributed by atoms with Crippen molar-refractivity contribution in [2.45, 2.75) is 57.8 Å². The molecule has 2 aliphatic carbocycles. The Hall–Kier alpha value is -0.830. The molecule has 0 amide bonds. The van der Waals surface area contributed by atoms with Gasteiger partial charge in [-0.3, -0.25) is 0 Å². The van der Waals surface area contributed by atoms with Gasteiger partial charge in [0.15, 0.2) is 0 Å². The molecule has 0 bridgehead atoms. The van der Waals surface area contributed by atoms with E-state index in [1.807, 2.05) is 6.92 Å². The fourth-order valence-electron chi connectivity index (χ4n) is 3.23. The first-order chi connectivity index (χ1) is 9.65. The molecule has 1 aromatic heterocycles. The second kappa shape index (κ2) is 5.88. The number of anilines is 1. The van der Waals surface area contributed by atoms with Crippen molar-refractivity contribution in [2.24, 2.45) is 5.92 Å². The minimum atomic E-state index is 0.551. The van der Waals surface area contributed by atoms with Gasteiger partial charge in [0.1, 0.15) is 16.8 Å². The van der Waals surface area contributed by atoms with Crippen LogP contribution >= 0.6 is 11.6 Å². The van der Waals surface area contributed by atoms with E-state index in [0.717, 1.165) is 29.7 Å². The Labute approximate surface area is 126 Å². The van der Waals surface area contributed by atoms with E-state index in [1.54, 1.807) is 0 Å². The molecular weight excluding hydrogens is 270 g/mol.